The number of hydrogen-bond donors (Lipinski definition) is 0. The summed E-state index contributed by atoms with van der Waals surface area (Å²) in [6.45, 7) is 5.68. The molecule has 25 heavy (non-hydrogen) atoms. The minimum Gasteiger partial charge on any atom is -0.303 e. The summed E-state index contributed by atoms with van der Waals surface area (Å²) in [5.74, 6) is 4.35. The molecule has 0 heterocycles. The average molecular weight is 342 g/mol. The van der Waals surface area contributed by atoms with Crippen molar-refractivity contribution in [2.45, 2.75) is 64.7 Å². The number of carbonyl (C=O) groups excluding carboxylic acids is 2. The molecule has 2 aliphatic carbocycles. The molecule has 0 spiro atoms. The van der Waals surface area contributed by atoms with Gasteiger partial charge in [-0.25, -0.2) is 4.42 Å². The predicted molar refractivity (Wildman–Crippen MR) is 103 cm³/mol. The first-order chi connectivity index (χ1) is 12.2. The molecular formula is C23H33O2+. The molecule has 0 aliphatic heterocycles. The van der Waals surface area contributed by atoms with Gasteiger partial charge in [-0.1, -0.05) is 45.4 Å². The van der Waals surface area contributed by atoms with Crippen LogP contribution in [0.25, 0.3) is 0 Å². The lowest BCUT2D eigenvalue weighted by atomic mass is 9.76. The molecule has 0 bridgehead atoms. The Morgan fingerprint density at radius 1 is 1.12 bits per heavy atom. The zero-order valence-electron chi connectivity index (χ0n) is 15.7. The second-order valence-electron chi connectivity index (χ2n) is 8.27. The van der Waals surface area contributed by atoms with Crippen molar-refractivity contribution in [1.29, 1.82) is 0 Å². The Morgan fingerprint density at radius 2 is 1.88 bits per heavy atom. The summed E-state index contributed by atoms with van der Waals surface area (Å²) in [5, 5.41) is 0. The molecule has 0 N–H and O–H groups in total. The zero-order chi connectivity index (χ0) is 17.6. The third kappa shape index (κ3) is 4.80. The van der Waals surface area contributed by atoms with Crippen molar-refractivity contribution in [1.82, 2.24) is 0 Å². The van der Waals surface area contributed by atoms with Crippen LogP contribution in [0.5, 0.6) is 5.75 Å². The Labute approximate surface area is 152 Å². The van der Waals surface area contributed by atoms with Crippen LogP contribution < -0.4 is 0 Å². The van der Waals surface area contributed by atoms with E-state index >= 15 is 0 Å². The van der Waals surface area contributed by atoms with E-state index in [4.69, 9.17) is 4.42 Å². The summed E-state index contributed by atoms with van der Waals surface area (Å²) in [4.78, 5) is 11.1. The van der Waals surface area contributed by atoms with Crippen molar-refractivity contribution in [3.8, 4) is 5.75 Å². The first-order valence-corrected chi connectivity index (χ1v) is 10.2. The van der Waals surface area contributed by atoms with Gasteiger partial charge >= 0.3 is 5.75 Å². The molecule has 5 unspecified atom stereocenters. The van der Waals surface area contributed by atoms with Gasteiger partial charge in [0.25, 0.3) is 6.79 Å². The normalized spacial score (nSPS) is 31.5. The van der Waals surface area contributed by atoms with Crippen LogP contribution >= 0.6 is 0 Å². The molecule has 1 aromatic carbocycles. The lowest BCUT2D eigenvalue weighted by Crippen LogP contribution is -2.17. The van der Waals surface area contributed by atoms with Crippen LogP contribution in [-0.2, 0) is 15.6 Å². The molecule has 2 nitrogen and oxygen atoms in total. The molecule has 0 saturated heterocycles. The summed E-state index contributed by atoms with van der Waals surface area (Å²) >= 11 is 0. The molecule has 0 amide bonds. The minimum atomic E-state index is 0.384. The molecule has 136 valence electrons. The highest BCUT2D eigenvalue weighted by Gasteiger charge is 2.47. The van der Waals surface area contributed by atoms with Gasteiger partial charge in [0.1, 0.15) is 6.29 Å². The number of hydrogen-bond acceptors (Lipinski definition) is 1. The maximum Gasteiger partial charge on any atom is 0.351 e. The topological polar surface area (TPSA) is 28.4 Å². The molecule has 2 aliphatic rings. The Bertz CT molecular complexity index is 562. The fourth-order valence-electron chi connectivity index (χ4n) is 5.21. The van der Waals surface area contributed by atoms with E-state index in [1.165, 1.54) is 69.6 Å². The highest BCUT2D eigenvalue weighted by Crippen LogP contribution is 2.50. The van der Waals surface area contributed by atoms with E-state index in [1.807, 2.05) is 12.1 Å². The molecule has 2 saturated carbocycles. The Morgan fingerprint density at radius 3 is 2.52 bits per heavy atom. The van der Waals surface area contributed by atoms with Gasteiger partial charge in [0.2, 0.25) is 0 Å². The molecule has 0 aromatic heterocycles. The van der Waals surface area contributed by atoms with Crippen LogP contribution in [-0.4, -0.2) is 13.1 Å². The fourth-order valence-corrected chi connectivity index (χ4v) is 5.21. The number of carbonyl (C=O) groups is 1. The van der Waals surface area contributed by atoms with E-state index in [1.54, 1.807) is 0 Å². The van der Waals surface area contributed by atoms with Crippen LogP contribution in [0.2, 0.25) is 0 Å². The second kappa shape index (κ2) is 8.78. The number of rotatable bonds is 9. The summed E-state index contributed by atoms with van der Waals surface area (Å²) in [6.07, 6.45) is 13.1. The summed E-state index contributed by atoms with van der Waals surface area (Å²) in [5.41, 5.74) is 1.42. The quantitative estimate of drug-likeness (QED) is 0.415. The maximum absolute atomic E-state index is 11.1. The minimum absolute atomic E-state index is 0.384. The summed E-state index contributed by atoms with van der Waals surface area (Å²) in [6, 6.07) is 8.40. The molecule has 1 aromatic rings. The predicted octanol–water partition coefficient (Wildman–Crippen LogP) is 5.75. The van der Waals surface area contributed by atoms with Gasteiger partial charge in [-0.05, 0) is 60.6 Å². The highest BCUT2D eigenvalue weighted by atomic mass is 16.4. The van der Waals surface area contributed by atoms with Gasteiger partial charge in [-0.3, -0.25) is 0 Å². The average Bonchev–Trinajstić information content (AvgIpc) is 3.34. The van der Waals surface area contributed by atoms with Crippen LogP contribution in [0, 0.1) is 29.6 Å². The molecular weight excluding hydrogens is 308 g/mol. The van der Waals surface area contributed by atoms with E-state index in [2.05, 4.69) is 25.8 Å². The van der Waals surface area contributed by atoms with Gasteiger partial charge in [0.05, 0.1) is 0 Å². The van der Waals surface area contributed by atoms with E-state index in [-0.39, 0.29) is 0 Å². The monoisotopic (exact) mass is 341 g/mol. The molecule has 2 fully saturated rings. The molecule has 2 heteroatoms. The first kappa shape index (κ1) is 18.4. The van der Waals surface area contributed by atoms with Crippen LogP contribution in [0.15, 0.2) is 24.3 Å². The van der Waals surface area contributed by atoms with Gasteiger partial charge in [0.15, 0.2) is 0 Å². The molecule has 5 atom stereocenters. The Balaban J connectivity index is 1.40. The number of benzene rings is 1. The standard InChI is InChI=1S/C23H33O2/c1-3-21-22(23(21)16-24)9-5-7-17-6-4-8-19(14-17)15-18-10-12-20(25-2)13-11-18/h10-13,16-17,19,21-23H,2-9,14-15H2,1H3/q+1. The van der Waals surface area contributed by atoms with Gasteiger partial charge in [-0.15, -0.1) is 0 Å². The lowest BCUT2D eigenvalue weighted by molar-refractivity contribution is -0.354. The first-order valence-electron chi connectivity index (χ1n) is 10.2. The van der Waals surface area contributed by atoms with Crippen LogP contribution in [0.4, 0.5) is 0 Å². The van der Waals surface area contributed by atoms with Crippen molar-refractivity contribution in [2.24, 2.45) is 29.6 Å². The highest BCUT2D eigenvalue weighted by molar-refractivity contribution is 5.59. The van der Waals surface area contributed by atoms with Crippen LogP contribution in [0.3, 0.4) is 0 Å². The van der Waals surface area contributed by atoms with Crippen molar-refractivity contribution in [3.63, 3.8) is 0 Å². The van der Waals surface area contributed by atoms with Gasteiger partial charge in [-0.2, -0.15) is 0 Å². The van der Waals surface area contributed by atoms with Gasteiger partial charge < -0.3 is 4.79 Å². The van der Waals surface area contributed by atoms with Crippen LogP contribution in [0.1, 0.15) is 63.9 Å². The van der Waals surface area contributed by atoms with Crippen molar-refractivity contribution >= 4 is 13.1 Å². The zero-order valence-corrected chi connectivity index (χ0v) is 15.7. The van der Waals surface area contributed by atoms with E-state index < -0.39 is 0 Å². The number of aldehydes is 1. The SMILES string of the molecule is C=[O+]c1ccc(CC2CCCC(CCCC3C(C=O)C3CC)C2)cc1. The van der Waals surface area contributed by atoms with E-state index in [0.717, 1.165) is 17.6 Å². The largest absolute Gasteiger partial charge is 0.351 e. The second-order valence-corrected chi connectivity index (χ2v) is 8.27. The van der Waals surface area contributed by atoms with Gasteiger partial charge in [0, 0.05) is 18.1 Å². The Hall–Kier alpha value is -1.44. The summed E-state index contributed by atoms with van der Waals surface area (Å²) < 4.78 is 5.00. The third-order valence-corrected chi connectivity index (χ3v) is 6.68. The fraction of sp³-hybridized carbons (Fsp3) is 0.652. The Kier molecular flexibility index (Phi) is 6.45. The lowest BCUT2D eigenvalue weighted by Gasteiger charge is -2.29. The molecule has 0 radical (unpaired) electrons. The smallest absolute Gasteiger partial charge is 0.303 e. The third-order valence-electron chi connectivity index (χ3n) is 6.68. The van der Waals surface area contributed by atoms with Crippen molar-refractivity contribution in [3.05, 3.63) is 29.8 Å². The molecule has 3 rings (SSSR count). The maximum atomic E-state index is 11.1. The van der Waals surface area contributed by atoms with Crippen molar-refractivity contribution in [2.75, 3.05) is 0 Å². The van der Waals surface area contributed by atoms with E-state index in [9.17, 15) is 4.79 Å². The summed E-state index contributed by atoms with van der Waals surface area (Å²) in [7, 11) is 0. The van der Waals surface area contributed by atoms with Crippen molar-refractivity contribution < 1.29 is 9.22 Å². The van der Waals surface area contributed by atoms with E-state index in [0.29, 0.717) is 17.8 Å².